The van der Waals surface area contributed by atoms with Crippen molar-refractivity contribution in [2.75, 3.05) is 7.11 Å². The largest absolute Gasteiger partial charge is 0.508 e. The van der Waals surface area contributed by atoms with E-state index >= 15 is 0 Å². The number of methoxy groups -OCH3 is 1. The van der Waals surface area contributed by atoms with Gasteiger partial charge in [-0.2, -0.15) is 0 Å². The van der Waals surface area contributed by atoms with E-state index in [-0.39, 0.29) is 11.5 Å². The van der Waals surface area contributed by atoms with Crippen LogP contribution in [0.15, 0.2) is 11.6 Å². The van der Waals surface area contributed by atoms with Crippen LogP contribution in [0.5, 0.6) is 0 Å². The van der Waals surface area contributed by atoms with Crippen molar-refractivity contribution in [1.29, 1.82) is 0 Å². The van der Waals surface area contributed by atoms with Crippen LogP contribution in [0.1, 0.15) is 65.2 Å². The molecule has 4 aliphatic carbocycles. The minimum absolute atomic E-state index is 0.0141. The minimum Gasteiger partial charge on any atom is -0.438 e. The fourth-order valence-corrected chi connectivity index (χ4v) is 7.23. The molecule has 0 aromatic carbocycles. The van der Waals surface area contributed by atoms with Gasteiger partial charge in [0.05, 0.1) is 7.11 Å². The molecule has 0 saturated heterocycles. The Kier molecular flexibility index (Phi) is 4.65. The standard InChI is InChI=1S/C22H32O4/c1-4-13-12-22(2)18(9-10-19(22)26-21(24)25-3)17-7-5-14-11-15(23)6-8-16(14)20(13)17/h11,13,16-20H,4-10,12H2,1-3H3/t13-,16-,17-,18-,19-,20+,22-/m0/s1. The number of carbonyl (C=O) groups excluding carboxylic acids is 2. The van der Waals surface area contributed by atoms with Crippen molar-refractivity contribution in [2.45, 2.75) is 71.3 Å². The molecule has 0 amide bonds. The predicted octanol–water partition coefficient (Wildman–Crippen LogP) is 4.92. The normalized spacial score (nSPS) is 44.4. The highest BCUT2D eigenvalue weighted by atomic mass is 16.7. The summed E-state index contributed by atoms with van der Waals surface area (Å²) in [6.45, 7) is 4.66. The number of hydrogen-bond donors (Lipinski definition) is 0. The van der Waals surface area contributed by atoms with Crippen LogP contribution in [0, 0.1) is 35.0 Å². The molecule has 144 valence electrons. The van der Waals surface area contributed by atoms with Gasteiger partial charge in [0.2, 0.25) is 0 Å². The first-order valence-electron chi connectivity index (χ1n) is 10.5. The van der Waals surface area contributed by atoms with Gasteiger partial charge in [-0.3, -0.25) is 4.79 Å². The van der Waals surface area contributed by atoms with Crippen LogP contribution in [0.2, 0.25) is 0 Å². The summed E-state index contributed by atoms with van der Waals surface area (Å²) in [6, 6.07) is 0. The Labute approximate surface area is 156 Å². The molecule has 4 rings (SSSR count). The molecule has 0 bridgehead atoms. The molecule has 26 heavy (non-hydrogen) atoms. The molecule has 0 heterocycles. The second-order valence-corrected chi connectivity index (χ2v) is 9.23. The SMILES string of the molecule is CC[C@H]1C[C@]2(C)[C@@H](OC(=O)OC)CC[C@H]2[C@@H]2CCC3=CC(=O)CC[C@@H]3[C@@H]12. The lowest BCUT2D eigenvalue weighted by Crippen LogP contribution is -2.52. The highest BCUT2D eigenvalue weighted by Gasteiger charge is 2.60. The number of fused-ring (bicyclic) bond motifs is 5. The van der Waals surface area contributed by atoms with Gasteiger partial charge in [-0.1, -0.05) is 25.8 Å². The first-order chi connectivity index (χ1) is 12.5. The molecule has 0 N–H and O–H groups in total. The number of ether oxygens (including phenoxy) is 2. The summed E-state index contributed by atoms with van der Waals surface area (Å²) < 4.78 is 10.5. The molecule has 0 aromatic heterocycles. The molecule has 0 aromatic rings. The molecular weight excluding hydrogens is 328 g/mol. The third-order valence-corrected chi connectivity index (χ3v) is 8.26. The molecule has 3 saturated carbocycles. The van der Waals surface area contributed by atoms with Crippen molar-refractivity contribution in [2.24, 2.45) is 35.0 Å². The second kappa shape index (κ2) is 6.69. The number of rotatable bonds is 2. The number of ketones is 1. The van der Waals surface area contributed by atoms with E-state index in [1.165, 1.54) is 25.5 Å². The second-order valence-electron chi connectivity index (χ2n) is 9.23. The van der Waals surface area contributed by atoms with E-state index in [2.05, 4.69) is 13.8 Å². The maximum atomic E-state index is 11.9. The van der Waals surface area contributed by atoms with E-state index in [0.717, 1.165) is 38.5 Å². The molecule has 7 atom stereocenters. The Balaban J connectivity index is 1.63. The third kappa shape index (κ3) is 2.71. The lowest BCUT2D eigenvalue weighted by atomic mass is 9.48. The lowest BCUT2D eigenvalue weighted by molar-refractivity contribution is -0.117. The first-order valence-corrected chi connectivity index (χ1v) is 10.5. The maximum Gasteiger partial charge on any atom is 0.508 e. The van der Waals surface area contributed by atoms with Gasteiger partial charge in [-0.05, 0) is 74.2 Å². The summed E-state index contributed by atoms with van der Waals surface area (Å²) in [5, 5.41) is 0. The van der Waals surface area contributed by atoms with E-state index in [1.54, 1.807) is 0 Å². The number of carbonyl (C=O) groups is 2. The summed E-state index contributed by atoms with van der Waals surface area (Å²) in [5.41, 5.74) is 1.51. The van der Waals surface area contributed by atoms with Gasteiger partial charge in [0.25, 0.3) is 0 Å². The Hall–Kier alpha value is -1.32. The van der Waals surface area contributed by atoms with Crippen LogP contribution in [0.4, 0.5) is 4.79 Å². The lowest BCUT2D eigenvalue weighted by Gasteiger charge is -2.57. The van der Waals surface area contributed by atoms with E-state index in [4.69, 9.17) is 9.47 Å². The minimum atomic E-state index is -0.535. The smallest absolute Gasteiger partial charge is 0.438 e. The highest BCUT2D eigenvalue weighted by Crippen LogP contribution is 2.64. The Bertz CT molecular complexity index is 624. The quantitative estimate of drug-likeness (QED) is 0.656. The van der Waals surface area contributed by atoms with Crippen molar-refractivity contribution in [3.63, 3.8) is 0 Å². The van der Waals surface area contributed by atoms with Crippen molar-refractivity contribution >= 4 is 11.9 Å². The summed E-state index contributed by atoms with van der Waals surface area (Å²) in [6.07, 6.45) is 9.90. The van der Waals surface area contributed by atoms with Gasteiger partial charge in [-0.25, -0.2) is 4.79 Å². The van der Waals surface area contributed by atoms with Crippen LogP contribution in [0.25, 0.3) is 0 Å². The van der Waals surface area contributed by atoms with Crippen molar-refractivity contribution < 1.29 is 19.1 Å². The fourth-order valence-electron chi connectivity index (χ4n) is 7.23. The Morgan fingerprint density at radius 3 is 2.77 bits per heavy atom. The zero-order chi connectivity index (χ0) is 18.5. The zero-order valence-electron chi connectivity index (χ0n) is 16.3. The summed E-state index contributed by atoms with van der Waals surface area (Å²) in [7, 11) is 1.39. The van der Waals surface area contributed by atoms with E-state index in [9.17, 15) is 9.59 Å². The van der Waals surface area contributed by atoms with E-state index in [1.807, 2.05) is 6.08 Å². The first kappa shape index (κ1) is 18.1. The average Bonchev–Trinajstić information content (AvgIpc) is 2.96. The van der Waals surface area contributed by atoms with Gasteiger partial charge >= 0.3 is 6.16 Å². The van der Waals surface area contributed by atoms with Crippen LogP contribution >= 0.6 is 0 Å². The summed E-state index contributed by atoms with van der Waals surface area (Å²) in [5.74, 6) is 3.65. The topological polar surface area (TPSA) is 52.6 Å². The molecule has 0 unspecified atom stereocenters. The van der Waals surface area contributed by atoms with Crippen molar-refractivity contribution in [3.05, 3.63) is 11.6 Å². The fraction of sp³-hybridized carbons (Fsp3) is 0.818. The number of hydrogen-bond acceptors (Lipinski definition) is 4. The van der Waals surface area contributed by atoms with Crippen LogP contribution in [-0.2, 0) is 14.3 Å². The van der Waals surface area contributed by atoms with Crippen molar-refractivity contribution in [3.8, 4) is 0 Å². The van der Waals surface area contributed by atoms with Crippen LogP contribution in [0.3, 0.4) is 0 Å². The Morgan fingerprint density at radius 1 is 1.23 bits per heavy atom. The van der Waals surface area contributed by atoms with Crippen LogP contribution < -0.4 is 0 Å². The van der Waals surface area contributed by atoms with E-state index < -0.39 is 6.16 Å². The molecular formula is C22H32O4. The summed E-state index contributed by atoms with van der Waals surface area (Å²) in [4.78, 5) is 23.7. The molecule has 0 radical (unpaired) electrons. The van der Waals surface area contributed by atoms with Gasteiger partial charge in [0.15, 0.2) is 5.78 Å². The summed E-state index contributed by atoms with van der Waals surface area (Å²) >= 11 is 0. The molecule has 0 spiro atoms. The van der Waals surface area contributed by atoms with Gasteiger partial charge in [-0.15, -0.1) is 0 Å². The maximum absolute atomic E-state index is 11.9. The zero-order valence-corrected chi connectivity index (χ0v) is 16.3. The third-order valence-electron chi connectivity index (χ3n) is 8.26. The Morgan fingerprint density at radius 2 is 2.04 bits per heavy atom. The molecule has 3 fully saturated rings. The van der Waals surface area contributed by atoms with Crippen molar-refractivity contribution in [1.82, 2.24) is 0 Å². The van der Waals surface area contributed by atoms with Gasteiger partial charge in [0, 0.05) is 11.8 Å². The predicted molar refractivity (Wildman–Crippen MR) is 98.5 cm³/mol. The highest BCUT2D eigenvalue weighted by molar-refractivity contribution is 5.91. The average molecular weight is 360 g/mol. The monoisotopic (exact) mass is 360 g/mol. The number of allylic oxidation sites excluding steroid dienone is 1. The molecule has 4 aliphatic rings. The van der Waals surface area contributed by atoms with Gasteiger partial charge in [0.1, 0.15) is 6.10 Å². The van der Waals surface area contributed by atoms with E-state index in [0.29, 0.717) is 35.4 Å². The van der Waals surface area contributed by atoms with Gasteiger partial charge < -0.3 is 9.47 Å². The molecule has 4 heteroatoms. The molecule has 4 nitrogen and oxygen atoms in total. The van der Waals surface area contributed by atoms with Crippen LogP contribution in [-0.4, -0.2) is 25.2 Å². The molecule has 0 aliphatic heterocycles.